The Balaban J connectivity index is 2.13. The summed E-state index contributed by atoms with van der Waals surface area (Å²) in [6, 6.07) is 6.11. The van der Waals surface area contributed by atoms with E-state index in [1.165, 1.54) is 0 Å². The van der Waals surface area contributed by atoms with Gasteiger partial charge in [-0.2, -0.15) is 0 Å². The third-order valence-electron chi connectivity index (χ3n) is 3.96. The predicted octanol–water partition coefficient (Wildman–Crippen LogP) is 3.78. The van der Waals surface area contributed by atoms with Crippen molar-refractivity contribution in [3.05, 3.63) is 29.3 Å². The van der Waals surface area contributed by atoms with E-state index in [9.17, 15) is 4.79 Å². The fraction of sp³-hybridized carbons (Fsp3) is 0.562. The van der Waals surface area contributed by atoms with Crippen molar-refractivity contribution < 1.29 is 9.53 Å². The molecule has 0 bridgehead atoms. The molecular formula is C16H22BrNO2. The van der Waals surface area contributed by atoms with Crippen molar-refractivity contribution in [2.24, 2.45) is 0 Å². The molecule has 1 saturated heterocycles. The average Bonchev–Trinajstić information content (AvgIpc) is 2.93. The van der Waals surface area contributed by atoms with Crippen molar-refractivity contribution in [1.29, 1.82) is 0 Å². The van der Waals surface area contributed by atoms with E-state index in [1.54, 1.807) is 7.11 Å². The van der Waals surface area contributed by atoms with Gasteiger partial charge in [-0.15, -0.1) is 0 Å². The van der Waals surface area contributed by atoms with Gasteiger partial charge < -0.3 is 9.64 Å². The molecular weight excluding hydrogens is 318 g/mol. The van der Waals surface area contributed by atoms with E-state index in [0.717, 1.165) is 54.4 Å². The van der Waals surface area contributed by atoms with Crippen LogP contribution in [-0.2, 0) is 0 Å². The van der Waals surface area contributed by atoms with Gasteiger partial charge in [-0.3, -0.25) is 4.79 Å². The number of hydrogen-bond donors (Lipinski definition) is 0. The number of likely N-dealkylation sites (tertiary alicyclic amines) is 1. The van der Waals surface area contributed by atoms with Gasteiger partial charge in [0.2, 0.25) is 0 Å². The zero-order chi connectivity index (χ0) is 14.5. The number of carbonyl (C=O) groups is 1. The normalized spacial score (nSPS) is 18.4. The van der Waals surface area contributed by atoms with Gasteiger partial charge in [0.15, 0.2) is 0 Å². The maximum atomic E-state index is 12.7. The summed E-state index contributed by atoms with van der Waals surface area (Å²) in [5, 5.41) is 1.00. The second kappa shape index (κ2) is 7.11. The number of rotatable bonds is 5. The van der Waals surface area contributed by atoms with Gasteiger partial charge in [-0.25, -0.2) is 0 Å². The fourth-order valence-electron chi connectivity index (χ4n) is 2.83. The number of methoxy groups -OCH3 is 1. The highest BCUT2D eigenvalue weighted by Gasteiger charge is 2.29. The molecule has 0 saturated carbocycles. The summed E-state index contributed by atoms with van der Waals surface area (Å²) in [5.74, 6) is 0.924. The zero-order valence-corrected chi connectivity index (χ0v) is 13.8. The molecule has 1 fully saturated rings. The van der Waals surface area contributed by atoms with Crippen LogP contribution in [0.4, 0.5) is 0 Å². The Morgan fingerprint density at radius 3 is 3.00 bits per heavy atom. The van der Waals surface area contributed by atoms with E-state index in [1.807, 2.05) is 30.0 Å². The molecule has 110 valence electrons. The molecule has 1 aliphatic heterocycles. The smallest absolute Gasteiger partial charge is 0.254 e. The van der Waals surface area contributed by atoms with Gasteiger partial charge >= 0.3 is 0 Å². The van der Waals surface area contributed by atoms with Gasteiger partial charge in [0, 0.05) is 23.5 Å². The third-order valence-corrected chi connectivity index (χ3v) is 4.52. The number of aryl methyl sites for hydroxylation is 1. The van der Waals surface area contributed by atoms with E-state index in [2.05, 4.69) is 15.9 Å². The van der Waals surface area contributed by atoms with Crippen molar-refractivity contribution in [3.63, 3.8) is 0 Å². The van der Waals surface area contributed by atoms with Crippen LogP contribution in [0.5, 0.6) is 5.75 Å². The van der Waals surface area contributed by atoms with E-state index in [4.69, 9.17) is 4.74 Å². The summed E-state index contributed by atoms with van der Waals surface area (Å²) < 4.78 is 5.31. The predicted molar refractivity (Wildman–Crippen MR) is 84.8 cm³/mol. The first-order valence-corrected chi connectivity index (χ1v) is 8.31. The van der Waals surface area contributed by atoms with Gasteiger partial charge in [0.05, 0.1) is 7.11 Å². The Labute approximate surface area is 129 Å². The first-order chi connectivity index (χ1) is 9.67. The van der Waals surface area contributed by atoms with Gasteiger partial charge in [-0.05, 0) is 50.3 Å². The quantitative estimate of drug-likeness (QED) is 0.764. The van der Waals surface area contributed by atoms with Crippen LogP contribution in [-0.4, -0.2) is 35.8 Å². The van der Waals surface area contributed by atoms with E-state index < -0.39 is 0 Å². The Kier molecular flexibility index (Phi) is 5.46. The molecule has 0 aliphatic carbocycles. The molecule has 1 atom stereocenters. The summed E-state index contributed by atoms with van der Waals surface area (Å²) in [5.41, 5.74) is 1.79. The summed E-state index contributed by atoms with van der Waals surface area (Å²) in [6.07, 6.45) is 4.44. The van der Waals surface area contributed by atoms with Gasteiger partial charge in [-0.1, -0.05) is 22.0 Å². The maximum Gasteiger partial charge on any atom is 0.254 e. The monoisotopic (exact) mass is 339 g/mol. The molecule has 0 radical (unpaired) electrons. The van der Waals surface area contributed by atoms with Crippen LogP contribution < -0.4 is 4.74 Å². The zero-order valence-electron chi connectivity index (χ0n) is 12.2. The largest absolute Gasteiger partial charge is 0.496 e. The van der Waals surface area contributed by atoms with Crippen LogP contribution in [0.1, 0.15) is 41.6 Å². The molecule has 4 heteroatoms. The first kappa shape index (κ1) is 15.4. The van der Waals surface area contributed by atoms with Crippen molar-refractivity contribution >= 4 is 21.8 Å². The van der Waals surface area contributed by atoms with Crippen LogP contribution >= 0.6 is 15.9 Å². The SMILES string of the molecule is COc1cc(C(=O)N2CCCC2CCCBr)ccc1C. The van der Waals surface area contributed by atoms with Crippen LogP contribution in [0.3, 0.4) is 0 Å². The highest BCUT2D eigenvalue weighted by molar-refractivity contribution is 9.09. The number of hydrogen-bond acceptors (Lipinski definition) is 2. The van der Waals surface area contributed by atoms with Crippen LogP contribution in [0.2, 0.25) is 0 Å². The molecule has 3 nitrogen and oxygen atoms in total. The second-order valence-electron chi connectivity index (χ2n) is 5.31. The number of halogens is 1. The lowest BCUT2D eigenvalue weighted by Gasteiger charge is -2.25. The number of ether oxygens (including phenoxy) is 1. The molecule has 1 aliphatic rings. The minimum Gasteiger partial charge on any atom is -0.496 e. The van der Waals surface area contributed by atoms with Crippen molar-refractivity contribution in [3.8, 4) is 5.75 Å². The molecule has 1 unspecified atom stereocenters. The van der Waals surface area contributed by atoms with E-state index >= 15 is 0 Å². The summed E-state index contributed by atoms with van der Waals surface area (Å²) in [6.45, 7) is 2.86. The minimum atomic E-state index is 0.139. The van der Waals surface area contributed by atoms with Gasteiger partial charge in [0.1, 0.15) is 5.75 Å². The fourth-order valence-corrected chi connectivity index (χ4v) is 3.16. The Morgan fingerprint density at radius 2 is 2.30 bits per heavy atom. The molecule has 1 aromatic carbocycles. The molecule has 0 aromatic heterocycles. The number of alkyl halides is 1. The lowest BCUT2D eigenvalue weighted by Crippen LogP contribution is -2.35. The summed E-state index contributed by atoms with van der Waals surface area (Å²) in [7, 11) is 1.64. The Bertz CT molecular complexity index is 476. The lowest BCUT2D eigenvalue weighted by atomic mass is 10.1. The molecule has 2 rings (SSSR count). The average molecular weight is 340 g/mol. The first-order valence-electron chi connectivity index (χ1n) is 7.19. The second-order valence-corrected chi connectivity index (χ2v) is 6.10. The highest BCUT2D eigenvalue weighted by atomic mass is 79.9. The lowest BCUT2D eigenvalue weighted by molar-refractivity contribution is 0.0730. The number of benzene rings is 1. The maximum absolute atomic E-state index is 12.7. The highest BCUT2D eigenvalue weighted by Crippen LogP contribution is 2.26. The van der Waals surface area contributed by atoms with E-state index in [0.29, 0.717) is 6.04 Å². The number of nitrogens with zero attached hydrogens (tertiary/aromatic N) is 1. The Hall–Kier alpha value is -1.03. The van der Waals surface area contributed by atoms with Crippen molar-refractivity contribution in [1.82, 2.24) is 4.90 Å². The summed E-state index contributed by atoms with van der Waals surface area (Å²) >= 11 is 3.47. The minimum absolute atomic E-state index is 0.139. The molecule has 1 amide bonds. The molecule has 20 heavy (non-hydrogen) atoms. The molecule has 1 heterocycles. The van der Waals surface area contributed by atoms with Crippen molar-refractivity contribution in [2.45, 2.75) is 38.6 Å². The Morgan fingerprint density at radius 1 is 1.50 bits per heavy atom. The standard InChI is InChI=1S/C16H22BrNO2/c1-12-7-8-13(11-15(12)20-2)16(19)18-10-4-6-14(18)5-3-9-17/h7-8,11,14H,3-6,9-10H2,1-2H3. The van der Waals surface area contributed by atoms with E-state index in [-0.39, 0.29) is 5.91 Å². The van der Waals surface area contributed by atoms with Crippen LogP contribution in [0.25, 0.3) is 0 Å². The van der Waals surface area contributed by atoms with Crippen LogP contribution in [0, 0.1) is 6.92 Å². The number of amides is 1. The third kappa shape index (κ3) is 3.35. The molecule has 0 spiro atoms. The van der Waals surface area contributed by atoms with Crippen molar-refractivity contribution in [2.75, 3.05) is 19.0 Å². The molecule has 0 N–H and O–H groups in total. The summed E-state index contributed by atoms with van der Waals surface area (Å²) in [4.78, 5) is 14.7. The topological polar surface area (TPSA) is 29.5 Å². The van der Waals surface area contributed by atoms with Crippen LogP contribution in [0.15, 0.2) is 18.2 Å². The number of carbonyl (C=O) groups excluding carboxylic acids is 1. The molecule has 1 aromatic rings. The van der Waals surface area contributed by atoms with Gasteiger partial charge in [0.25, 0.3) is 5.91 Å².